The van der Waals surface area contributed by atoms with Crippen LogP contribution in [0.1, 0.15) is 30.7 Å². The molecular weight excluding hydrogens is 174 g/mol. The van der Waals surface area contributed by atoms with E-state index in [1.54, 1.807) is 6.92 Å². The number of carboxylic acid groups (broad SMARTS) is 1. The van der Waals surface area contributed by atoms with Crippen LogP contribution in [-0.4, -0.2) is 32.4 Å². The van der Waals surface area contributed by atoms with Crippen molar-refractivity contribution < 1.29 is 14.6 Å². The van der Waals surface area contributed by atoms with Gasteiger partial charge >= 0.3 is 5.97 Å². The summed E-state index contributed by atoms with van der Waals surface area (Å²) in [6.07, 6.45) is 1.05. The summed E-state index contributed by atoms with van der Waals surface area (Å²) in [7, 11) is 0. The number of aromatic carboxylic acids is 1. The van der Waals surface area contributed by atoms with Gasteiger partial charge in [0.15, 0.2) is 0 Å². The maximum Gasteiger partial charge on any atom is 0.375 e. The summed E-state index contributed by atoms with van der Waals surface area (Å²) in [5.41, 5.74) is 0. The lowest BCUT2D eigenvalue weighted by molar-refractivity contribution is 0.0153. The van der Waals surface area contributed by atoms with Gasteiger partial charge in [-0.2, -0.15) is 0 Å². The molecule has 1 N–H and O–H groups in total. The highest BCUT2D eigenvalue weighted by Gasteiger charge is 2.11. The minimum atomic E-state index is -1.14. The van der Waals surface area contributed by atoms with Crippen molar-refractivity contribution in [2.75, 3.05) is 6.61 Å². The third-order valence-electron chi connectivity index (χ3n) is 1.48. The molecular formula is C7H11N3O3. The Morgan fingerprint density at radius 2 is 2.54 bits per heavy atom. The second-order valence-electron chi connectivity index (χ2n) is 2.41. The number of aromatic nitrogens is 3. The van der Waals surface area contributed by atoms with E-state index < -0.39 is 5.97 Å². The maximum absolute atomic E-state index is 10.4. The average molecular weight is 185 g/mol. The molecule has 1 rings (SSSR count). The number of carbonyl (C=O) groups is 1. The molecule has 0 aromatic carbocycles. The first kappa shape index (κ1) is 9.66. The van der Waals surface area contributed by atoms with Gasteiger partial charge in [-0.1, -0.05) is 0 Å². The first-order valence-corrected chi connectivity index (χ1v) is 3.91. The van der Waals surface area contributed by atoms with Crippen LogP contribution in [-0.2, 0) is 4.74 Å². The zero-order valence-corrected chi connectivity index (χ0v) is 7.47. The van der Waals surface area contributed by atoms with Gasteiger partial charge in [0.1, 0.15) is 12.6 Å². The Hall–Kier alpha value is -1.43. The second kappa shape index (κ2) is 3.99. The minimum Gasteiger partial charge on any atom is -0.475 e. The van der Waals surface area contributed by atoms with Crippen LogP contribution in [0.25, 0.3) is 0 Å². The minimum absolute atomic E-state index is 0.216. The van der Waals surface area contributed by atoms with Gasteiger partial charge in [0.05, 0.1) is 0 Å². The lowest BCUT2D eigenvalue weighted by atomic mass is 10.6. The highest BCUT2D eigenvalue weighted by Crippen LogP contribution is 2.04. The van der Waals surface area contributed by atoms with Crippen LogP contribution in [0.2, 0.25) is 0 Å². The predicted octanol–water partition coefficient (Wildman–Crippen LogP) is 0.531. The third kappa shape index (κ3) is 2.25. The largest absolute Gasteiger partial charge is 0.475 e. The maximum atomic E-state index is 10.4. The van der Waals surface area contributed by atoms with E-state index in [2.05, 4.69) is 10.1 Å². The Labute approximate surface area is 75.2 Å². The zero-order chi connectivity index (χ0) is 9.84. The summed E-state index contributed by atoms with van der Waals surface area (Å²) in [6.45, 7) is 4.17. The van der Waals surface area contributed by atoms with E-state index in [0.717, 1.165) is 0 Å². The van der Waals surface area contributed by atoms with Crippen LogP contribution >= 0.6 is 0 Å². The molecule has 6 nitrogen and oxygen atoms in total. The summed E-state index contributed by atoms with van der Waals surface area (Å²) in [5.74, 6) is -1.35. The number of hydrogen-bond acceptors (Lipinski definition) is 4. The van der Waals surface area contributed by atoms with Crippen molar-refractivity contribution in [2.24, 2.45) is 0 Å². The monoisotopic (exact) mass is 185 g/mol. The summed E-state index contributed by atoms with van der Waals surface area (Å²) in [6, 6.07) is 0. The SMILES string of the molecule is CCOC(C)n1cnc(C(=O)O)n1. The first-order chi connectivity index (χ1) is 6.15. The molecule has 1 unspecified atom stereocenters. The van der Waals surface area contributed by atoms with Crippen molar-refractivity contribution in [2.45, 2.75) is 20.1 Å². The molecule has 1 aromatic heterocycles. The smallest absolute Gasteiger partial charge is 0.375 e. The summed E-state index contributed by atoms with van der Waals surface area (Å²) in [4.78, 5) is 14.0. The molecule has 0 saturated heterocycles. The van der Waals surface area contributed by atoms with Crippen molar-refractivity contribution in [1.82, 2.24) is 14.8 Å². The molecule has 0 aliphatic heterocycles. The molecule has 72 valence electrons. The number of rotatable bonds is 4. The van der Waals surface area contributed by atoms with E-state index in [-0.39, 0.29) is 12.1 Å². The van der Waals surface area contributed by atoms with Crippen LogP contribution < -0.4 is 0 Å². The van der Waals surface area contributed by atoms with Crippen LogP contribution in [0.3, 0.4) is 0 Å². The van der Waals surface area contributed by atoms with Crippen molar-refractivity contribution in [3.05, 3.63) is 12.2 Å². The Balaban J connectivity index is 2.73. The van der Waals surface area contributed by atoms with Crippen molar-refractivity contribution in [1.29, 1.82) is 0 Å². The molecule has 1 heterocycles. The van der Waals surface area contributed by atoms with Crippen LogP contribution in [0.15, 0.2) is 6.33 Å². The normalized spacial score (nSPS) is 12.8. The highest BCUT2D eigenvalue weighted by molar-refractivity contribution is 5.82. The fourth-order valence-electron chi connectivity index (χ4n) is 0.866. The van der Waals surface area contributed by atoms with Gasteiger partial charge in [-0.05, 0) is 13.8 Å². The standard InChI is InChI=1S/C7H11N3O3/c1-3-13-5(2)10-4-8-6(9-10)7(11)12/h4-5H,3H2,1-2H3,(H,11,12). The summed E-state index contributed by atoms with van der Waals surface area (Å²) < 4.78 is 6.56. The van der Waals surface area contributed by atoms with Gasteiger partial charge in [-0.3, -0.25) is 0 Å². The molecule has 0 aliphatic carbocycles. The Kier molecular flexibility index (Phi) is 2.97. The van der Waals surface area contributed by atoms with Crippen molar-refractivity contribution >= 4 is 5.97 Å². The van der Waals surface area contributed by atoms with Gasteiger partial charge < -0.3 is 9.84 Å². The lowest BCUT2D eigenvalue weighted by Crippen LogP contribution is -2.11. The van der Waals surface area contributed by atoms with Gasteiger partial charge in [0.2, 0.25) is 0 Å². The molecule has 1 aromatic rings. The molecule has 0 spiro atoms. The van der Waals surface area contributed by atoms with Gasteiger partial charge in [0.25, 0.3) is 5.82 Å². The zero-order valence-electron chi connectivity index (χ0n) is 7.47. The molecule has 0 radical (unpaired) electrons. The molecule has 0 bridgehead atoms. The topological polar surface area (TPSA) is 77.2 Å². The van der Waals surface area contributed by atoms with Gasteiger partial charge in [0, 0.05) is 6.61 Å². The third-order valence-corrected chi connectivity index (χ3v) is 1.48. The highest BCUT2D eigenvalue weighted by atomic mass is 16.5. The summed E-state index contributed by atoms with van der Waals surface area (Å²) >= 11 is 0. The molecule has 0 aliphatic rings. The van der Waals surface area contributed by atoms with E-state index in [0.29, 0.717) is 6.61 Å². The van der Waals surface area contributed by atoms with Gasteiger partial charge in [-0.25, -0.2) is 14.5 Å². The van der Waals surface area contributed by atoms with Crippen LogP contribution in [0.5, 0.6) is 0 Å². The Morgan fingerprint density at radius 3 is 3.00 bits per heavy atom. The van der Waals surface area contributed by atoms with E-state index >= 15 is 0 Å². The fraction of sp³-hybridized carbons (Fsp3) is 0.571. The van der Waals surface area contributed by atoms with E-state index in [4.69, 9.17) is 9.84 Å². The molecule has 0 fully saturated rings. The van der Waals surface area contributed by atoms with Gasteiger partial charge in [-0.15, -0.1) is 5.10 Å². The number of ether oxygens (including phenoxy) is 1. The molecule has 13 heavy (non-hydrogen) atoms. The van der Waals surface area contributed by atoms with Crippen LogP contribution in [0, 0.1) is 0 Å². The van der Waals surface area contributed by atoms with E-state index in [9.17, 15) is 4.79 Å². The number of carboxylic acids is 1. The molecule has 0 saturated carbocycles. The predicted molar refractivity (Wildman–Crippen MR) is 43.3 cm³/mol. The quantitative estimate of drug-likeness (QED) is 0.740. The molecule has 1 atom stereocenters. The Morgan fingerprint density at radius 1 is 1.85 bits per heavy atom. The first-order valence-electron chi connectivity index (χ1n) is 3.91. The average Bonchev–Trinajstić information content (AvgIpc) is 2.52. The van der Waals surface area contributed by atoms with Crippen molar-refractivity contribution in [3.8, 4) is 0 Å². The second-order valence-corrected chi connectivity index (χ2v) is 2.41. The van der Waals surface area contributed by atoms with Crippen LogP contribution in [0.4, 0.5) is 0 Å². The van der Waals surface area contributed by atoms with Crippen molar-refractivity contribution in [3.63, 3.8) is 0 Å². The number of hydrogen-bond donors (Lipinski definition) is 1. The summed E-state index contributed by atoms with van der Waals surface area (Å²) in [5, 5.41) is 12.2. The van der Waals surface area contributed by atoms with E-state index in [1.165, 1.54) is 11.0 Å². The lowest BCUT2D eigenvalue weighted by Gasteiger charge is -2.09. The Bertz CT molecular complexity index is 297. The molecule has 6 heteroatoms. The van der Waals surface area contributed by atoms with E-state index in [1.807, 2.05) is 6.92 Å². The molecule has 0 amide bonds. The number of nitrogens with zero attached hydrogens (tertiary/aromatic N) is 3. The fourth-order valence-corrected chi connectivity index (χ4v) is 0.866.